The van der Waals surface area contributed by atoms with Crippen LogP contribution in [0.5, 0.6) is 5.75 Å². The number of benzene rings is 2. The number of rotatable bonds is 15. The van der Waals surface area contributed by atoms with Crippen molar-refractivity contribution in [3.63, 3.8) is 0 Å². The molecule has 3 aromatic rings. The van der Waals surface area contributed by atoms with Crippen LogP contribution in [0.3, 0.4) is 0 Å². The van der Waals surface area contributed by atoms with E-state index in [4.69, 9.17) is 21.1 Å². The molecule has 0 amide bonds. The highest BCUT2D eigenvalue weighted by atomic mass is 35.5. The lowest BCUT2D eigenvalue weighted by Crippen LogP contribution is -2.21. The van der Waals surface area contributed by atoms with Gasteiger partial charge in [0.25, 0.3) is 0 Å². The topological polar surface area (TPSA) is 61.3 Å². The first-order valence-electron chi connectivity index (χ1n) is 13.5. The first-order valence-corrected chi connectivity index (χ1v) is 13.9. The summed E-state index contributed by atoms with van der Waals surface area (Å²) >= 11 is 6.07. The van der Waals surface area contributed by atoms with Crippen LogP contribution in [0.4, 0.5) is 0 Å². The molecule has 0 radical (unpaired) electrons. The predicted molar refractivity (Wildman–Crippen MR) is 151 cm³/mol. The van der Waals surface area contributed by atoms with E-state index < -0.39 is 0 Å². The number of alkyl halides is 1. The third kappa shape index (κ3) is 9.90. The van der Waals surface area contributed by atoms with Crippen LogP contribution in [0.15, 0.2) is 60.9 Å². The van der Waals surface area contributed by atoms with Gasteiger partial charge in [0.05, 0.1) is 24.5 Å². The van der Waals surface area contributed by atoms with Crippen LogP contribution in [0.25, 0.3) is 22.5 Å². The first-order chi connectivity index (χ1) is 18.0. The minimum Gasteiger partial charge on any atom is -0.426 e. The second-order valence-electron chi connectivity index (χ2n) is 9.51. The predicted octanol–water partition coefficient (Wildman–Crippen LogP) is 8.04. The number of hydrogen-bond acceptors (Lipinski definition) is 5. The molecule has 0 fully saturated rings. The molecule has 0 aliphatic rings. The van der Waals surface area contributed by atoms with Crippen molar-refractivity contribution in [3.8, 4) is 28.3 Å². The number of aromatic nitrogens is 2. The molecule has 0 bridgehead atoms. The van der Waals surface area contributed by atoms with Gasteiger partial charge in [0.15, 0.2) is 5.82 Å². The lowest BCUT2D eigenvalue weighted by Gasteiger charge is -2.14. The third-order valence-corrected chi connectivity index (χ3v) is 6.73. The quantitative estimate of drug-likeness (QED) is 0.0874. The Kier molecular flexibility index (Phi) is 12.1. The molecule has 2 atom stereocenters. The van der Waals surface area contributed by atoms with Crippen molar-refractivity contribution in [2.24, 2.45) is 0 Å². The number of ether oxygens (including phenoxy) is 2. The molecule has 0 saturated heterocycles. The monoisotopic (exact) mass is 522 g/mol. The number of unbranched alkanes of at least 4 members (excludes halogenated alkanes) is 4. The second-order valence-corrected chi connectivity index (χ2v) is 10.1. The minimum absolute atomic E-state index is 0.0388. The molecule has 0 aliphatic heterocycles. The van der Waals surface area contributed by atoms with Crippen molar-refractivity contribution in [1.82, 2.24) is 9.97 Å². The highest BCUT2D eigenvalue weighted by molar-refractivity contribution is 6.20. The van der Waals surface area contributed by atoms with Crippen LogP contribution in [-0.2, 0) is 16.0 Å². The van der Waals surface area contributed by atoms with Gasteiger partial charge in [0, 0.05) is 18.0 Å². The van der Waals surface area contributed by atoms with Crippen LogP contribution in [-0.4, -0.2) is 34.0 Å². The SMILES string of the molecule is CCCCCCCc1cnc(-c2ccc(-c3ccc(OC(=O)CC(C)OCC(Cl)CC)cc3)cc2)nc1. The number of nitrogens with zero attached hydrogens (tertiary/aromatic N) is 2. The highest BCUT2D eigenvalue weighted by Gasteiger charge is 2.13. The Hall–Kier alpha value is -2.76. The van der Waals surface area contributed by atoms with E-state index >= 15 is 0 Å². The first kappa shape index (κ1) is 28.8. The van der Waals surface area contributed by atoms with Crippen molar-refractivity contribution in [1.29, 1.82) is 0 Å². The van der Waals surface area contributed by atoms with Crippen molar-refractivity contribution >= 4 is 17.6 Å². The summed E-state index contributed by atoms with van der Waals surface area (Å²) < 4.78 is 11.1. The maximum absolute atomic E-state index is 12.2. The average Bonchev–Trinajstić information content (AvgIpc) is 2.92. The zero-order chi connectivity index (χ0) is 26.5. The molecule has 2 aromatic carbocycles. The van der Waals surface area contributed by atoms with Gasteiger partial charge in [-0.3, -0.25) is 4.79 Å². The Balaban J connectivity index is 1.50. The van der Waals surface area contributed by atoms with E-state index in [1.54, 1.807) is 0 Å². The fourth-order valence-corrected chi connectivity index (χ4v) is 4.02. The van der Waals surface area contributed by atoms with Gasteiger partial charge in [-0.2, -0.15) is 0 Å². The van der Waals surface area contributed by atoms with E-state index in [2.05, 4.69) is 29.0 Å². The van der Waals surface area contributed by atoms with Crippen molar-refractivity contribution in [3.05, 3.63) is 66.5 Å². The molecule has 0 N–H and O–H groups in total. The van der Waals surface area contributed by atoms with Gasteiger partial charge < -0.3 is 9.47 Å². The average molecular weight is 523 g/mol. The summed E-state index contributed by atoms with van der Waals surface area (Å²) in [5.74, 6) is 0.924. The largest absolute Gasteiger partial charge is 0.426 e. The molecular formula is C31H39ClN2O3. The third-order valence-electron chi connectivity index (χ3n) is 6.30. The van der Waals surface area contributed by atoms with Crippen LogP contribution in [0.1, 0.15) is 71.3 Å². The Bertz CT molecular complexity index is 1070. The Morgan fingerprint density at radius 1 is 0.865 bits per heavy atom. The molecule has 6 heteroatoms. The van der Waals surface area contributed by atoms with Gasteiger partial charge in [-0.1, -0.05) is 75.9 Å². The van der Waals surface area contributed by atoms with Crippen molar-refractivity contribution in [2.75, 3.05) is 6.61 Å². The maximum Gasteiger partial charge on any atom is 0.313 e. The Morgan fingerprint density at radius 2 is 1.46 bits per heavy atom. The molecule has 0 saturated carbocycles. The van der Waals surface area contributed by atoms with Crippen molar-refractivity contribution in [2.45, 2.75) is 83.6 Å². The van der Waals surface area contributed by atoms with E-state index in [1.165, 1.54) is 37.7 Å². The molecule has 1 aromatic heterocycles. The smallest absolute Gasteiger partial charge is 0.313 e. The van der Waals surface area contributed by atoms with Gasteiger partial charge in [0.1, 0.15) is 5.75 Å². The number of esters is 1. The van der Waals surface area contributed by atoms with Gasteiger partial charge in [-0.15, -0.1) is 11.6 Å². The van der Waals surface area contributed by atoms with Gasteiger partial charge in [-0.05, 0) is 55.0 Å². The number of halogens is 1. The molecule has 0 spiro atoms. The molecule has 3 rings (SSSR count). The lowest BCUT2D eigenvalue weighted by molar-refractivity contribution is -0.137. The number of carbonyl (C=O) groups is 1. The van der Waals surface area contributed by atoms with E-state index in [0.29, 0.717) is 12.4 Å². The molecular weight excluding hydrogens is 484 g/mol. The molecule has 198 valence electrons. The summed E-state index contributed by atoms with van der Waals surface area (Å²) in [6.45, 7) is 6.51. The molecule has 2 unspecified atom stereocenters. The van der Waals surface area contributed by atoms with E-state index in [9.17, 15) is 4.79 Å². The zero-order valence-corrected chi connectivity index (χ0v) is 23.0. The standard InChI is InChI=1S/C31H39ClN2O3/c1-4-6-7-8-9-10-24-20-33-31(34-21-24)27-13-11-25(12-14-27)26-15-17-29(18-16-26)37-30(35)19-23(3)36-22-28(32)5-2/h11-18,20-21,23,28H,4-10,19,22H2,1-3H3. The summed E-state index contributed by atoms with van der Waals surface area (Å²) in [6, 6.07) is 15.7. The summed E-state index contributed by atoms with van der Waals surface area (Å²) in [5, 5.41) is -0.0388. The fourth-order valence-electron chi connectivity index (χ4n) is 3.95. The Labute approximate surface area is 226 Å². The summed E-state index contributed by atoms with van der Waals surface area (Å²) in [4.78, 5) is 21.4. The number of carbonyl (C=O) groups excluding carboxylic acids is 1. The normalized spacial score (nSPS) is 12.8. The molecule has 5 nitrogen and oxygen atoms in total. The van der Waals surface area contributed by atoms with Crippen LogP contribution in [0, 0.1) is 0 Å². The molecule has 37 heavy (non-hydrogen) atoms. The summed E-state index contributed by atoms with van der Waals surface area (Å²) in [5.41, 5.74) is 4.29. The van der Waals surface area contributed by atoms with Gasteiger partial charge >= 0.3 is 5.97 Å². The molecule has 0 aliphatic carbocycles. The highest BCUT2D eigenvalue weighted by Crippen LogP contribution is 2.25. The Morgan fingerprint density at radius 3 is 2.08 bits per heavy atom. The van der Waals surface area contributed by atoms with Crippen LogP contribution >= 0.6 is 11.6 Å². The fraction of sp³-hybridized carbons (Fsp3) is 0.452. The zero-order valence-electron chi connectivity index (χ0n) is 22.3. The number of aryl methyl sites for hydroxylation is 1. The second kappa shape index (κ2) is 15.5. The van der Waals surface area contributed by atoms with E-state index in [-0.39, 0.29) is 23.9 Å². The van der Waals surface area contributed by atoms with Gasteiger partial charge in [-0.25, -0.2) is 9.97 Å². The lowest BCUT2D eigenvalue weighted by atomic mass is 10.0. The van der Waals surface area contributed by atoms with Crippen LogP contribution < -0.4 is 4.74 Å². The maximum atomic E-state index is 12.2. The minimum atomic E-state index is -0.324. The van der Waals surface area contributed by atoms with Crippen LogP contribution in [0.2, 0.25) is 0 Å². The summed E-state index contributed by atoms with van der Waals surface area (Å²) in [7, 11) is 0. The number of hydrogen-bond donors (Lipinski definition) is 0. The van der Waals surface area contributed by atoms with E-state index in [0.717, 1.165) is 35.4 Å². The summed E-state index contributed by atoms with van der Waals surface area (Å²) in [6.07, 6.45) is 12.0. The molecule has 1 heterocycles. The van der Waals surface area contributed by atoms with E-state index in [1.807, 2.05) is 62.6 Å². The van der Waals surface area contributed by atoms with Gasteiger partial charge in [0.2, 0.25) is 0 Å². The van der Waals surface area contributed by atoms with Crippen molar-refractivity contribution < 1.29 is 14.3 Å².